The minimum atomic E-state index is 0.0743. The third-order valence-corrected chi connectivity index (χ3v) is 4.21. The van der Waals surface area contributed by atoms with Gasteiger partial charge in [-0.25, -0.2) is 4.98 Å². The van der Waals surface area contributed by atoms with E-state index in [1.807, 2.05) is 42.5 Å². The molecule has 1 fully saturated rings. The highest BCUT2D eigenvalue weighted by molar-refractivity contribution is 5.77. The van der Waals surface area contributed by atoms with Gasteiger partial charge in [0.25, 0.3) is 5.89 Å². The van der Waals surface area contributed by atoms with Gasteiger partial charge < -0.3 is 19.5 Å². The van der Waals surface area contributed by atoms with Crippen molar-refractivity contribution in [2.45, 2.75) is 13.0 Å². The largest absolute Gasteiger partial charge is 0.485 e. The molecular weight excluding hydrogens is 346 g/mol. The van der Waals surface area contributed by atoms with E-state index >= 15 is 0 Å². The standard InChI is InChI=1S/C19H19N5O3/c25-18-8-10-24(11-9-20-18)17-7-6-14(12-21-17)19-22-16(23-27-19)13-26-15-4-2-1-3-5-15/h1-7,12H,8-11,13H2,(H,20,25). The molecule has 1 aliphatic heterocycles. The summed E-state index contributed by atoms with van der Waals surface area (Å²) >= 11 is 0. The fourth-order valence-electron chi connectivity index (χ4n) is 2.79. The van der Waals surface area contributed by atoms with Crippen LogP contribution < -0.4 is 15.0 Å². The van der Waals surface area contributed by atoms with Gasteiger partial charge in [0.2, 0.25) is 11.7 Å². The van der Waals surface area contributed by atoms with E-state index in [2.05, 4.69) is 25.3 Å². The Hall–Kier alpha value is -3.42. The number of ether oxygens (including phenoxy) is 1. The molecule has 8 heteroatoms. The summed E-state index contributed by atoms with van der Waals surface area (Å²) in [7, 11) is 0. The van der Waals surface area contributed by atoms with Gasteiger partial charge in [0.1, 0.15) is 11.6 Å². The first-order valence-electron chi connectivity index (χ1n) is 8.76. The molecule has 4 rings (SSSR count). The van der Waals surface area contributed by atoms with E-state index in [1.54, 1.807) is 6.20 Å². The van der Waals surface area contributed by atoms with E-state index < -0.39 is 0 Å². The summed E-state index contributed by atoms with van der Waals surface area (Å²) in [5, 5.41) is 6.80. The number of amides is 1. The zero-order valence-electron chi connectivity index (χ0n) is 14.7. The molecule has 1 saturated heterocycles. The maximum atomic E-state index is 11.4. The smallest absolute Gasteiger partial charge is 0.259 e. The molecule has 0 aliphatic carbocycles. The molecule has 27 heavy (non-hydrogen) atoms. The van der Waals surface area contributed by atoms with E-state index in [0.29, 0.717) is 31.2 Å². The number of nitrogens with one attached hydrogen (secondary N) is 1. The Kier molecular flexibility index (Phi) is 4.95. The average Bonchev–Trinajstić information content (AvgIpc) is 3.08. The van der Waals surface area contributed by atoms with E-state index in [-0.39, 0.29) is 12.5 Å². The van der Waals surface area contributed by atoms with E-state index in [4.69, 9.17) is 9.26 Å². The summed E-state index contributed by atoms with van der Waals surface area (Å²) in [6, 6.07) is 13.3. The number of hydrogen-bond acceptors (Lipinski definition) is 7. The Morgan fingerprint density at radius 1 is 1.15 bits per heavy atom. The van der Waals surface area contributed by atoms with Crippen molar-refractivity contribution < 1.29 is 14.1 Å². The van der Waals surface area contributed by atoms with Gasteiger partial charge >= 0.3 is 0 Å². The molecule has 8 nitrogen and oxygen atoms in total. The molecule has 138 valence electrons. The summed E-state index contributed by atoms with van der Waals surface area (Å²) in [6.45, 7) is 2.24. The highest BCUT2D eigenvalue weighted by atomic mass is 16.5. The van der Waals surface area contributed by atoms with Crippen LogP contribution in [0, 0.1) is 0 Å². The number of benzene rings is 1. The minimum Gasteiger partial charge on any atom is -0.485 e. The van der Waals surface area contributed by atoms with E-state index in [0.717, 1.165) is 23.7 Å². The van der Waals surface area contributed by atoms with Crippen molar-refractivity contribution in [3.8, 4) is 17.2 Å². The molecule has 0 radical (unpaired) electrons. The van der Waals surface area contributed by atoms with Crippen molar-refractivity contribution in [3.63, 3.8) is 0 Å². The molecule has 3 heterocycles. The van der Waals surface area contributed by atoms with Crippen LogP contribution >= 0.6 is 0 Å². The summed E-state index contributed by atoms with van der Waals surface area (Å²) in [5.74, 6) is 2.51. The molecular formula is C19H19N5O3. The van der Waals surface area contributed by atoms with Gasteiger partial charge in [-0.1, -0.05) is 23.4 Å². The van der Waals surface area contributed by atoms with Crippen LogP contribution in [0.5, 0.6) is 5.75 Å². The molecule has 0 bridgehead atoms. The fourth-order valence-corrected chi connectivity index (χ4v) is 2.79. The van der Waals surface area contributed by atoms with Crippen LogP contribution in [0.15, 0.2) is 53.2 Å². The molecule has 0 saturated carbocycles. The van der Waals surface area contributed by atoms with Gasteiger partial charge in [-0.05, 0) is 24.3 Å². The van der Waals surface area contributed by atoms with Gasteiger partial charge in [0, 0.05) is 32.3 Å². The second kappa shape index (κ2) is 7.86. The quantitative estimate of drug-likeness (QED) is 0.739. The van der Waals surface area contributed by atoms with Crippen molar-refractivity contribution in [2.75, 3.05) is 24.5 Å². The Balaban J connectivity index is 1.40. The summed E-state index contributed by atoms with van der Waals surface area (Å²) < 4.78 is 10.9. The number of para-hydroxylation sites is 1. The van der Waals surface area contributed by atoms with Crippen molar-refractivity contribution in [3.05, 3.63) is 54.5 Å². The monoisotopic (exact) mass is 365 g/mol. The second-order valence-electron chi connectivity index (χ2n) is 6.11. The third-order valence-electron chi connectivity index (χ3n) is 4.21. The fraction of sp³-hybridized carbons (Fsp3) is 0.263. The van der Waals surface area contributed by atoms with Gasteiger partial charge in [-0.3, -0.25) is 4.79 Å². The Labute approximate surface area is 156 Å². The van der Waals surface area contributed by atoms with Crippen LogP contribution in [-0.4, -0.2) is 40.7 Å². The van der Waals surface area contributed by atoms with Gasteiger partial charge in [-0.2, -0.15) is 4.98 Å². The summed E-state index contributed by atoms with van der Waals surface area (Å²) in [5.41, 5.74) is 0.737. The Morgan fingerprint density at radius 3 is 2.85 bits per heavy atom. The number of carbonyl (C=O) groups excluding carboxylic acids is 1. The summed E-state index contributed by atoms with van der Waals surface area (Å²) in [6.07, 6.45) is 2.17. The van der Waals surface area contributed by atoms with Crippen molar-refractivity contribution in [1.82, 2.24) is 20.4 Å². The predicted octanol–water partition coefficient (Wildman–Crippen LogP) is 2.04. The van der Waals surface area contributed by atoms with Crippen LogP contribution in [0.25, 0.3) is 11.5 Å². The third kappa shape index (κ3) is 4.22. The first-order chi connectivity index (χ1) is 13.3. The van der Waals surface area contributed by atoms with Gasteiger partial charge in [0.15, 0.2) is 6.61 Å². The van der Waals surface area contributed by atoms with Crippen LogP contribution in [0.4, 0.5) is 5.82 Å². The van der Waals surface area contributed by atoms with Crippen LogP contribution in [0.2, 0.25) is 0 Å². The normalized spacial score (nSPS) is 14.5. The lowest BCUT2D eigenvalue weighted by Gasteiger charge is -2.20. The molecule has 0 unspecified atom stereocenters. The van der Waals surface area contributed by atoms with Gasteiger partial charge in [-0.15, -0.1) is 0 Å². The van der Waals surface area contributed by atoms with E-state index in [1.165, 1.54) is 0 Å². The van der Waals surface area contributed by atoms with Crippen LogP contribution in [-0.2, 0) is 11.4 Å². The molecule has 1 aromatic carbocycles. The SMILES string of the molecule is O=C1CCN(c2ccc(-c3nc(COc4ccccc4)no3)cn2)CCN1. The topological polar surface area (TPSA) is 93.4 Å². The second-order valence-corrected chi connectivity index (χ2v) is 6.11. The Morgan fingerprint density at radius 2 is 2.04 bits per heavy atom. The predicted molar refractivity (Wildman–Crippen MR) is 98.1 cm³/mol. The number of anilines is 1. The molecule has 1 amide bonds. The maximum absolute atomic E-state index is 11.4. The molecule has 0 spiro atoms. The van der Waals surface area contributed by atoms with Crippen molar-refractivity contribution >= 4 is 11.7 Å². The molecule has 3 aromatic rings. The van der Waals surface area contributed by atoms with Crippen LogP contribution in [0.3, 0.4) is 0 Å². The summed E-state index contributed by atoms with van der Waals surface area (Å²) in [4.78, 5) is 22.4. The number of rotatable bonds is 5. The molecule has 1 aliphatic rings. The Bertz CT molecular complexity index is 895. The zero-order chi connectivity index (χ0) is 18.5. The van der Waals surface area contributed by atoms with Gasteiger partial charge in [0.05, 0.1) is 5.56 Å². The first kappa shape index (κ1) is 17.0. The molecule has 2 aromatic heterocycles. The number of pyridine rings is 1. The minimum absolute atomic E-state index is 0.0743. The number of nitrogens with zero attached hydrogens (tertiary/aromatic N) is 4. The highest BCUT2D eigenvalue weighted by Gasteiger charge is 2.16. The average molecular weight is 365 g/mol. The lowest BCUT2D eigenvalue weighted by molar-refractivity contribution is -0.120. The van der Waals surface area contributed by atoms with Crippen molar-refractivity contribution in [1.29, 1.82) is 0 Å². The first-order valence-corrected chi connectivity index (χ1v) is 8.76. The maximum Gasteiger partial charge on any atom is 0.259 e. The lowest BCUT2D eigenvalue weighted by atomic mass is 10.2. The highest BCUT2D eigenvalue weighted by Crippen LogP contribution is 2.20. The van der Waals surface area contributed by atoms with Crippen molar-refractivity contribution in [2.24, 2.45) is 0 Å². The molecule has 1 N–H and O–H groups in total. The van der Waals surface area contributed by atoms with Crippen LogP contribution in [0.1, 0.15) is 12.2 Å². The number of carbonyl (C=O) groups is 1. The zero-order valence-corrected chi connectivity index (χ0v) is 14.7. The molecule has 0 atom stereocenters. The lowest BCUT2D eigenvalue weighted by Crippen LogP contribution is -2.28. The van der Waals surface area contributed by atoms with E-state index in [9.17, 15) is 4.79 Å². The number of aromatic nitrogens is 3. The number of hydrogen-bond donors (Lipinski definition) is 1.